The topological polar surface area (TPSA) is 50.8 Å². The first-order valence-corrected chi connectivity index (χ1v) is 6.66. The summed E-state index contributed by atoms with van der Waals surface area (Å²) in [7, 11) is 0. The monoisotopic (exact) mass is 254 g/mol. The van der Waals surface area contributed by atoms with Gasteiger partial charge >= 0.3 is 0 Å². The third-order valence-electron chi connectivity index (χ3n) is 3.42. The number of ether oxygens (including phenoxy) is 2. The minimum atomic E-state index is -0.155. The molecular formula is C13H22N2O3. The van der Waals surface area contributed by atoms with Crippen LogP contribution in [0.4, 0.5) is 0 Å². The molecule has 1 amide bonds. The van der Waals surface area contributed by atoms with Crippen molar-refractivity contribution in [3.63, 3.8) is 0 Å². The number of hydrogen-bond donors (Lipinski definition) is 1. The maximum atomic E-state index is 11.7. The van der Waals surface area contributed by atoms with Gasteiger partial charge in [-0.15, -0.1) is 6.58 Å². The van der Waals surface area contributed by atoms with Crippen LogP contribution in [0.3, 0.4) is 0 Å². The van der Waals surface area contributed by atoms with Gasteiger partial charge in [0, 0.05) is 6.54 Å². The van der Waals surface area contributed by atoms with E-state index in [0.29, 0.717) is 26.3 Å². The molecule has 1 N–H and O–H groups in total. The van der Waals surface area contributed by atoms with Crippen LogP contribution in [-0.2, 0) is 14.3 Å². The second-order valence-electron chi connectivity index (χ2n) is 4.74. The van der Waals surface area contributed by atoms with Crippen molar-refractivity contribution < 1.29 is 14.3 Å². The van der Waals surface area contributed by atoms with Crippen molar-refractivity contribution in [1.29, 1.82) is 0 Å². The highest BCUT2D eigenvalue weighted by Gasteiger charge is 2.34. The van der Waals surface area contributed by atoms with Crippen molar-refractivity contribution in [3.05, 3.63) is 12.7 Å². The van der Waals surface area contributed by atoms with Crippen molar-refractivity contribution in [2.75, 3.05) is 32.8 Å². The van der Waals surface area contributed by atoms with Crippen molar-refractivity contribution in [3.8, 4) is 0 Å². The summed E-state index contributed by atoms with van der Waals surface area (Å²) in [5.74, 6) is 0.0415. The van der Waals surface area contributed by atoms with Gasteiger partial charge in [-0.2, -0.15) is 0 Å². The Morgan fingerprint density at radius 3 is 2.89 bits per heavy atom. The zero-order chi connectivity index (χ0) is 12.8. The Bertz CT molecular complexity index is 290. The molecule has 2 aliphatic heterocycles. The van der Waals surface area contributed by atoms with Gasteiger partial charge in [0.05, 0.1) is 25.8 Å². The third-order valence-corrected chi connectivity index (χ3v) is 3.42. The lowest BCUT2D eigenvalue weighted by Gasteiger charge is -2.37. The summed E-state index contributed by atoms with van der Waals surface area (Å²) in [6.45, 7) is 6.80. The Kier molecular flexibility index (Phi) is 5.16. The standard InChI is InChI=1S/C13H22N2O3/c1-2-6-14-12(16)10-15-7-4-3-5-11(15)13-17-8-9-18-13/h2,11,13H,1,3-10H2,(H,14,16). The van der Waals surface area contributed by atoms with Crippen molar-refractivity contribution in [1.82, 2.24) is 10.2 Å². The van der Waals surface area contributed by atoms with Gasteiger partial charge in [-0.3, -0.25) is 9.69 Å². The van der Waals surface area contributed by atoms with Crippen LogP contribution in [0.25, 0.3) is 0 Å². The molecule has 0 bridgehead atoms. The number of amides is 1. The van der Waals surface area contributed by atoms with Crippen LogP contribution in [-0.4, -0.2) is 56.0 Å². The number of carbonyl (C=O) groups excluding carboxylic acids is 1. The van der Waals surface area contributed by atoms with Crippen molar-refractivity contribution in [2.45, 2.75) is 31.6 Å². The van der Waals surface area contributed by atoms with Crippen LogP contribution >= 0.6 is 0 Å². The van der Waals surface area contributed by atoms with Gasteiger partial charge < -0.3 is 14.8 Å². The molecule has 2 fully saturated rings. The molecule has 2 saturated heterocycles. The van der Waals surface area contributed by atoms with Gasteiger partial charge in [-0.25, -0.2) is 0 Å². The lowest BCUT2D eigenvalue weighted by Crippen LogP contribution is -2.50. The van der Waals surface area contributed by atoms with E-state index < -0.39 is 0 Å². The number of hydrogen-bond acceptors (Lipinski definition) is 4. The fourth-order valence-electron chi connectivity index (χ4n) is 2.55. The SMILES string of the molecule is C=CCNC(=O)CN1CCCCC1C1OCCO1. The van der Waals surface area contributed by atoms with E-state index in [0.717, 1.165) is 19.4 Å². The molecule has 0 aromatic heterocycles. The second-order valence-corrected chi connectivity index (χ2v) is 4.74. The molecule has 0 radical (unpaired) electrons. The molecule has 1 atom stereocenters. The van der Waals surface area contributed by atoms with E-state index >= 15 is 0 Å². The Balaban J connectivity index is 1.86. The normalized spacial score (nSPS) is 26.1. The molecule has 0 saturated carbocycles. The number of piperidine rings is 1. The highest BCUT2D eigenvalue weighted by Crippen LogP contribution is 2.23. The Labute approximate surface area is 108 Å². The van der Waals surface area contributed by atoms with Crippen LogP contribution in [0.2, 0.25) is 0 Å². The van der Waals surface area contributed by atoms with E-state index in [4.69, 9.17) is 9.47 Å². The van der Waals surface area contributed by atoms with Gasteiger partial charge in [0.15, 0.2) is 6.29 Å². The third kappa shape index (κ3) is 3.54. The molecule has 0 spiro atoms. The van der Waals surface area contributed by atoms with E-state index in [-0.39, 0.29) is 18.2 Å². The number of carbonyl (C=O) groups is 1. The summed E-state index contributed by atoms with van der Waals surface area (Å²) in [5, 5.41) is 2.81. The van der Waals surface area contributed by atoms with Gasteiger partial charge in [-0.1, -0.05) is 12.5 Å². The maximum Gasteiger partial charge on any atom is 0.234 e. The smallest absolute Gasteiger partial charge is 0.234 e. The van der Waals surface area contributed by atoms with Crippen molar-refractivity contribution in [2.24, 2.45) is 0 Å². The average Bonchev–Trinajstić information content (AvgIpc) is 2.91. The lowest BCUT2D eigenvalue weighted by atomic mass is 10.0. The first kappa shape index (κ1) is 13.5. The van der Waals surface area contributed by atoms with Crippen LogP contribution in [0, 0.1) is 0 Å². The molecule has 5 nitrogen and oxygen atoms in total. The van der Waals surface area contributed by atoms with E-state index in [9.17, 15) is 4.79 Å². The summed E-state index contributed by atoms with van der Waals surface area (Å²) in [5.41, 5.74) is 0. The quantitative estimate of drug-likeness (QED) is 0.727. The summed E-state index contributed by atoms with van der Waals surface area (Å²) in [6, 6.07) is 0.218. The van der Waals surface area contributed by atoms with E-state index in [1.807, 2.05) is 0 Å². The minimum Gasteiger partial charge on any atom is -0.352 e. The van der Waals surface area contributed by atoms with Gasteiger partial charge in [0.2, 0.25) is 5.91 Å². The van der Waals surface area contributed by atoms with E-state index in [1.54, 1.807) is 6.08 Å². The Morgan fingerprint density at radius 1 is 1.39 bits per heavy atom. The zero-order valence-electron chi connectivity index (χ0n) is 10.8. The van der Waals surface area contributed by atoms with Gasteiger partial charge in [0.25, 0.3) is 0 Å². The van der Waals surface area contributed by atoms with E-state index in [2.05, 4.69) is 16.8 Å². The van der Waals surface area contributed by atoms with Gasteiger partial charge in [0.1, 0.15) is 0 Å². The molecule has 0 aromatic rings. The number of nitrogens with zero attached hydrogens (tertiary/aromatic N) is 1. The zero-order valence-corrected chi connectivity index (χ0v) is 10.8. The maximum absolute atomic E-state index is 11.7. The highest BCUT2D eigenvalue weighted by atomic mass is 16.7. The Morgan fingerprint density at radius 2 is 2.17 bits per heavy atom. The number of likely N-dealkylation sites (tertiary alicyclic amines) is 1. The summed E-state index contributed by atoms with van der Waals surface area (Å²) in [6.07, 6.45) is 4.89. The lowest BCUT2D eigenvalue weighted by molar-refractivity contribution is -0.131. The molecule has 18 heavy (non-hydrogen) atoms. The average molecular weight is 254 g/mol. The molecule has 5 heteroatoms. The number of rotatable bonds is 5. The van der Waals surface area contributed by atoms with E-state index in [1.165, 1.54) is 6.42 Å². The summed E-state index contributed by atoms with van der Waals surface area (Å²) in [4.78, 5) is 13.9. The Hall–Kier alpha value is -0.910. The fraction of sp³-hybridized carbons (Fsp3) is 0.769. The minimum absolute atomic E-state index is 0.0415. The van der Waals surface area contributed by atoms with Crippen LogP contribution in [0.5, 0.6) is 0 Å². The predicted octanol–water partition coefficient (Wildman–Crippen LogP) is 0.516. The first-order chi connectivity index (χ1) is 8.81. The largest absolute Gasteiger partial charge is 0.352 e. The fourth-order valence-corrected chi connectivity index (χ4v) is 2.55. The molecule has 0 aliphatic carbocycles. The first-order valence-electron chi connectivity index (χ1n) is 6.66. The predicted molar refractivity (Wildman–Crippen MR) is 68.1 cm³/mol. The molecule has 0 aromatic carbocycles. The second kappa shape index (κ2) is 6.87. The molecule has 102 valence electrons. The van der Waals surface area contributed by atoms with Crippen LogP contribution in [0.15, 0.2) is 12.7 Å². The molecular weight excluding hydrogens is 232 g/mol. The molecule has 2 aliphatic rings. The highest BCUT2D eigenvalue weighted by molar-refractivity contribution is 5.78. The number of nitrogens with one attached hydrogen (secondary N) is 1. The molecule has 2 rings (SSSR count). The van der Waals surface area contributed by atoms with Crippen LogP contribution in [0.1, 0.15) is 19.3 Å². The van der Waals surface area contributed by atoms with Gasteiger partial charge in [-0.05, 0) is 19.4 Å². The summed E-state index contributed by atoms with van der Waals surface area (Å²) >= 11 is 0. The summed E-state index contributed by atoms with van der Waals surface area (Å²) < 4.78 is 11.1. The van der Waals surface area contributed by atoms with Crippen molar-refractivity contribution >= 4 is 5.91 Å². The molecule has 2 heterocycles. The van der Waals surface area contributed by atoms with Crippen LogP contribution < -0.4 is 5.32 Å². The molecule has 1 unspecified atom stereocenters.